The molecule has 0 aliphatic carbocycles. The highest BCUT2D eigenvalue weighted by Crippen LogP contribution is 2.27. The van der Waals surface area contributed by atoms with Crippen molar-refractivity contribution in [3.05, 3.63) is 58.6 Å². The van der Waals surface area contributed by atoms with Crippen LogP contribution < -0.4 is 10.9 Å². The van der Waals surface area contributed by atoms with Crippen LogP contribution in [0.15, 0.2) is 47.3 Å². The van der Waals surface area contributed by atoms with Crippen molar-refractivity contribution in [1.82, 2.24) is 15.1 Å². The highest BCUT2D eigenvalue weighted by molar-refractivity contribution is 5.94. The molecule has 5 nitrogen and oxygen atoms in total. The van der Waals surface area contributed by atoms with Crippen molar-refractivity contribution < 1.29 is 4.39 Å². The van der Waals surface area contributed by atoms with Gasteiger partial charge in [0.1, 0.15) is 5.82 Å². The zero-order valence-electron chi connectivity index (χ0n) is 16.6. The highest BCUT2D eigenvalue weighted by atomic mass is 19.1. The van der Waals surface area contributed by atoms with Crippen molar-refractivity contribution in [2.24, 2.45) is 0 Å². The lowest BCUT2D eigenvalue weighted by molar-refractivity contribution is 0.329. The molecular weight excluding hydrogens is 367 g/mol. The number of H-pyrrole nitrogens is 1. The van der Waals surface area contributed by atoms with Crippen molar-refractivity contribution >= 4 is 16.5 Å². The molecule has 0 atom stereocenters. The number of aromatic amines is 1. The van der Waals surface area contributed by atoms with Crippen LogP contribution in [0.1, 0.15) is 32.1 Å². The van der Waals surface area contributed by atoms with E-state index in [1.165, 1.54) is 45.0 Å². The van der Waals surface area contributed by atoms with Gasteiger partial charge in [-0.3, -0.25) is 4.79 Å². The van der Waals surface area contributed by atoms with Crippen LogP contribution in [0, 0.1) is 5.82 Å². The molecule has 0 amide bonds. The first kappa shape index (κ1) is 19.6. The summed E-state index contributed by atoms with van der Waals surface area (Å²) >= 11 is 0. The molecule has 1 aliphatic rings. The van der Waals surface area contributed by atoms with Crippen molar-refractivity contribution in [3.8, 4) is 11.3 Å². The van der Waals surface area contributed by atoms with E-state index >= 15 is 0 Å². The molecule has 2 aromatic carbocycles. The zero-order chi connectivity index (χ0) is 20.1. The molecule has 1 fully saturated rings. The second-order valence-corrected chi connectivity index (χ2v) is 7.68. The lowest BCUT2D eigenvalue weighted by atomic mass is 10.0. The fourth-order valence-corrected chi connectivity index (χ4v) is 4.01. The molecule has 0 radical (unpaired) electrons. The molecular formula is C23H27FN4O. The maximum absolute atomic E-state index is 14.3. The van der Waals surface area contributed by atoms with E-state index in [9.17, 15) is 9.18 Å². The van der Waals surface area contributed by atoms with Gasteiger partial charge < -0.3 is 10.2 Å². The van der Waals surface area contributed by atoms with Gasteiger partial charge >= 0.3 is 0 Å². The Morgan fingerprint density at radius 2 is 1.83 bits per heavy atom. The summed E-state index contributed by atoms with van der Waals surface area (Å²) in [4.78, 5) is 14.5. The lowest BCUT2D eigenvalue weighted by Gasteiger charge is -2.14. The summed E-state index contributed by atoms with van der Waals surface area (Å²) in [5.74, 6) is -0.278. The predicted octanol–water partition coefficient (Wildman–Crippen LogP) is 4.41. The van der Waals surface area contributed by atoms with Gasteiger partial charge in [0, 0.05) is 17.5 Å². The summed E-state index contributed by atoms with van der Waals surface area (Å²) in [6, 6.07) is 12.2. The number of rotatable bonds is 8. The van der Waals surface area contributed by atoms with Crippen LogP contribution >= 0.6 is 0 Å². The largest absolute Gasteiger partial charge is 0.383 e. The van der Waals surface area contributed by atoms with E-state index in [4.69, 9.17) is 0 Å². The van der Waals surface area contributed by atoms with E-state index in [1.807, 2.05) is 18.2 Å². The molecule has 152 valence electrons. The normalized spacial score (nSPS) is 14.5. The maximum atomic E-state index is 14.3. The number of benzene rings is 2. The Morgan fingerprint density at radius 1 is 1.03 bits per heavy atom. The van der Waals surface area contributed by atoms with E-state index in [0.717, 1.165) is 30.3 Å². The smallest absolute Gasteiger partial charge is 0.272 e. The number of hydrogen-bond donors (Lipinski definition) is 2. The quantitative estimate of drug-likeness (QED) is 0.556. The third-order valence-electron chi connectivity index (χ3n) is 5.60. The molecule has 3 aromatic rings. The van der Waals surface area contributed by atoms with Gasteiger partial charge in [-0.15, -0.1) is 0 Å². The van der Waals surface area contributed by atoms with Crippen LogP contribution in [0.3, 0.4) is 0 Å². The SMILES string of the molecule is O=c1[nH]nc(-c2ccc(F)c(NCCCCCN3CCCC3)c2)c2ccccc12. The summed E-state index contributed by atoms with van der Waals surface area (Å²) in [6.45, 7) is 4.39. The molecule has 0 saturated carbocycles. The highest BCUT2D eigenvalue weighted by Gasteiger charge is 2.12. The molecule has 2 heterocycles. The standard InChI is InChI=1S/C23H27FN4O/c24-20-11-10-17(22-18-8-2-3-9-19(18)23(29)27-26-22)16-21(20)25-12-4-1-5-13-28-14-6-7-15-28/h2-3,8-11,16,25H,1,4-7,12-15H2,(H,27,29). The monoisotopic (exact) mass is 394 g/mol. The maximum Gasteiger partial charge on any atom is 0.272 e. The summed E-state index contributed by atoms with van der Waals surface area (Å²) in [7, 11) is 0. The summed E-state index contributed by atoms with van der Waals surface area (Å²) in [5.41, 5.74) is 1.67. The molecule has 29 heavy (non-hydrogen) atoms. The van der Waals surface area contributed by atoms with E-state index in [0.29, 0.717) is 16.8 Å². The Bertz CT molecular complexity index is 1030. The van der Waals surface area contributed by atoms with Crippen LogP contribution in [0.5, 0.6) is 0 Å². The first-order chi connectivity index (χ1) is 14.2. The summed E-state index contributed by atoms with van der Waals surface area (Å²) < 4.78 is 14.3. The van der Waals surface area contributed by atoms with E-state index in [1.54, 1.807) is 18.2 Å². The topological polar surface area (TPSA) is 61.0 Å². The first-order valence-electron chi connectivity index (χ1n) is 10.5. The van der Waals surface area contributed by atoms with Crippen LogP contribution in [0.25, 0.3) is 22.0 Å². The fourth-order valence-electron chi connectivity index (χ4n) is 4.01. The van der Waals surface area contributed by atoms with Gasteiger partial charge in [0.25, 0.3) is 5.56 Å². The van der Waals surface area contributed by atoms with Crippen molar-refractivity contribution in [1.29, 1.82) is 0 Å². The van der Waals surface area contributed by atoms with E-state index in [-0.39, 0.29) is 11.4 Å². The number of fused-ring (bicyclic) bond motifs is 1. The molecule has 6 heteroatoms. The number of anilines is 1. The Balaban J connectivity index is 1.40. The Hall–Kier alpha value is -2.73. The minimum absolute atomic E-state index is 0.223. The van der Waals surface area contributed by atoms with Gasteiger partial charge in [0.05, 0.1) is 16.8 Å². The second kappa shape index (κ2) is 9.18. The van der Waals surface area contributed by atoms with Crippen LogP contribution in [-0.2, 0) is 0 Å². The first-order valence-corrected chi connectivity index (χ1v) is 10.5. The number of halogens is 1. The lowest BCUT2D eigenvalue weighted by Crippen LogP contribution is -2.20. The minimum atomic E-state index is -0.278. The third kappa shape index (κ3) is 4.65. The molecule has 0 bridgehead atoms. The molecule has 0 unspecified atom stereocenters. The number of likely N-dealkylation sites (tertiary alicyclic amines) is 1. The Labute approximate surface area is 169 Å². The van der Waals surface area contributed by atoms with Gasteiger partial charge in [-0.1, -0.05) is 24.6 Å². The van der Waals surface area contributed by atoms with Crippen molar-refractivity contribution in [2.75, 3.05) is 31.5 Å². The Kier molecular flexibility index (Phi) is 6.20. The molecule has 2 N–H and O–H groups in total. The molecule has 1 aromatic heterocycles. The van der Waals surface area contributed by atoms with Gasteiger partial charge in [-0.05, 0) is 69.6 Å². The zero-order valence-corrected chi connectivity index (χ0v) is 16.6. The third-order valence-corrected chi connectivity index (χ3v) is 5.60. The fraction of sp³-hybridized carbons (Fsp3) is 0.391. The number of unbranched alkanes of at least 4 members (excludes halogenated alkanes) is 2. The number of aromatic nitrogens is 2. The van der Waals surface area contributed by atoms with Crippen LogP contribution in [-0.4, -0.2) is 41.3 Å². The number of nitrogens with zero attached hydrogens (tertiary/aromatic N) is 2. The average Bonchev–Trinajstić information content (AvgIpc) is 3.26. The average molecular weight is 394 g/mol. The molecule has 1 saturated heterocycles. The second-order valence-electron chi connectivity index (χ2n) is 7.68. The number of nitrogens with one attached hydrogen (secondary N) is 2. The molecule has 0 spiro atoms. The van der Waals surface area contributed by atoms with E-state index < -0.39 is 0 Å². The van der Waals surface area contributed by atoms with Gasteiger partial charge in [0.15, 0.2) is 0 Å². The van der Waals surface area contributed by atoms with Gasteiger partial charge in [-0.2, -0.15) is 5.10 Å². The Morgan fingerprint density at radius 3 is 2.66 bits per heavy atom. The predicted molar refractivity (Wildman–Crippen MR) is 116 cm³/mol. The summed E-state index contributed by atoms with van der Waals surface area (Å²) in [5, 5.41) is 11.3. The van der Waals surface area contributed by atoms with Crippen LogP contribution in [0.2, 0.25) is 0 Å². The molecule has 1 aliphatic heterocycles. The van der Waals surface area contributed by atoms with Gasteiger partial charge in [-0.25, -0.2) is 9.49 Å². The minimum Gasteiger partial charge on any atom is -0.383 e. The molecule has 4 rings (SSSR count). The summed E-state index contributed by atoms with van der Waals surface area (Å²) in [6.07, 6.45) is 6.00. The van der Waals surface area contributed by atoms with Gasteiger partial charge in [0.2, 0.25) is 0 Å². The number of hydrogen-bond acceptors (Lipinski definition) is 4. The van der Waals surface area contributed by atoms with Crippen molar-refractivity contribution in [2.45, 2.75) is 32.1 Å². The van der Waals surface area contributed by atoms with Crippen molar-refractivity contribution in [3.63, 3.8) is 0 Å². The van der Waals surface area contributed by atoms with E-state index in [2.05, 4.69) is 20.4 Å². The van der Waals surface area contributed by atoms with Crippen LogP contribution in [0.4, 0.5) is 10.1 Å².